The van der Waals surface area contributed by atoms with Gasteiger partial charge in [0, 0.05) is 43.9 Å². The number of nitrogens with one attached hydrogen (secondary N) is 1. The van der Waals surface area contributed by atoms with Crippen LogP contribution in [0, 0.1) is 0 Å². The third-order valence-corrected chi connectivity index (χ3v) is 4.57. The molecule has 6 heteroatoms. The average molecular weight is 391 g/mol. The van der Waals surface area contributed by atoms with Gasteiger partial charge in [-0.15, -0.1) is 0 Å². The van der Waals surface area contributed by atoms with Crippen LogP contribution in [0.3, 0.4) is 0 Å². The number of hydrogen-bond acceptors (Lipinski definition) is 4. The normalized spacial score (nSPS) is 10.5. The van der Waals surface area contributed by atoms with Crippen LogP contribution in [0.5, 0.6) is 5.75 Å². The van der Waals surface area contributed by atoms with Crippen molar-refractivity contribution in [2.45, 2.75) is 32.9 Å². The Balaban J connectivity index is 1.48. The predicted molar refractivity (Wildman–Crippen MR) is 111 cm³/mol. The average Bonchev–Trinajstić information content (AvgIpc) is 3.25. The second kappa shape index (κ2) is 10.2. The van der Waals surface area contributed by atoms with E-state index in [2.05, 4.69) is 10.3 Å². The first-order valence-corrected chi connectivity index (χ1v) is 9.71. The van der Waals surface area contributed by atoms with Gasteiger partial charge in [-0.25, -0.2) is 4.98 Å². The van der Waals surface area contributed by atoms with E-state index in [0.717, 1.165) is 16.9 Å². The van der Waals surface area contributed by atoms with Crippen LogP contribution in [0.15, 0.2) is 67.3 Å². The summed E-state index contributed by atoms with van der Waals surface area (Å²) in [5, 5.41) is 2.92. The van der Waals surface area contributed by atoms with Gasteiger partial charge in [-0.2, -0.15) is 0 Å². The van der Waals surface area contributed by atoms with E-state index in [1.54, 1.807) is 36.8 Å². The molecule has 0 saturated heterocycles. The molecule has 29 heavy (non-hydrogen) atoms. The van der Waals surface area contributed by atoms with Gasteiger partial charge in [0.2, 0.25) is 5.91 Å². The van der Waals surface area contributed by atoms with Crippen LogP contribution >= 0.6 is 0 Å². The van der Waals surface area contributed by atoms with Gasteiger partial charge in [-0.1, -0.05) is 24.3 Å². The van der Waals surface area contributed by atoms with E-state index in [9.17, 15) is 9.59 Å². The number of Topliss-reactive ketones (excluding diaryl/α,β-unsaturated/α-hetero) is 1. The minimum atomic E-state index is -0.137. The second-order valence-corrected chi connectivity index (χ2v) is 6.66. The molecule has 0 atom stereocenters. The molecule has 1 N–H and O–H groups in total. The molecular formula is C23H25N3O3. The van der Waals surface area contributed by atoms with E-state index in [0.29, 0.717) is 25.3 Å². The fraction of sp³-hybridized carbons (Fsp3) is 0.261. The Hall–Kier alpha value is -3.41. The molecule has 2 aromatic carbocycles. The van der Waals surface area contributed by atoms with E-state index < -0.39 is 0 Å². The quantitative estimate of drug-likeness (QED) is 0.536. The van der Waals surface area contributed by atoms with Crippen molar-refractivity contribution >= 4 is 11.7 Å². The van der Waals surface area contributed by atoms with Gasteiger partial charge in [0.15, 0.2) is 5.78 Å². The van der Waals surface area contributed by atoms with Crippen LogP contribution in [0.1, 0.15) is 41.3 Å². The Morgan fingerprint density at radius 3 is 2.48 bits per heavy atom. The molecule has 1 amide bonds. The number of nitrogens with zero attached hydrogens (tertiary/aromatic N) is 2. The number of carbonyl (C=O) groups excluding carboxylic acids is 2. The number of ketones is 1. The Morgan fingerprint density at radius 1 is 1.03 bits per heavy atom. The van der Waals surface area contributed by atoms with Crippen molar-refractivity contribution in [3.05, 3.63) is 83.9 Å². The van der Waals surface area contributed by atoms with Gasteiger partial charge in [-0.05, 0) is 42.3 Å². The van der Waals surface area contributed by atoms with E-state index in [-0.39, 0.29) is 24.5 Å². The lowest BCUT2D eigenvalue weighted by molar-refractivity contribution is -0.121. The molecule has 1 heterocycles. The summed E-state index contributed by atoms with van der Waals surface area (Å²) in [6.45, 7) is 3.62. The molecular weight excluding hydrogens is 366 g/mol. The van der Waals surface area contributed by atoms with Crippen molar-refractivity contribution in [2.24, 2.45) is 0 Å². The van der Waals surface area contributed by atoms with Crippen LogP contribution in [-0.2, 0) is 17.9 Å². The molecule has 150 valence electrons. The Labute approximate surface area is 170 Å². The summed E-state index contributed by atoms with van der Waals surface area (Å²) in [5.41, 5.74) is 2.76. The highest BCUT2D eigenvalue weighted by atomic mass is 16.5. The zero-order chi connectivity index (χ0) is 20.5. The lowest BCUT2D eigenvalue weighted by Crippen LogP contribution is -2.24. The van der Waals surface area contributed by atoms with Crippen LogP contribution < -0.4 is 10.1 Å². The number of ether oxygens (including phenoxy) is 1. The molecule has 0 aliphatic heterocycles. The third kappa shape index (κ3) is 6.04. The van der Waals surface area contributed by atoms with Gasteiger partial charge in [-0.3, -0.25) is 9.59 Å². The van der Waals surface area contributed by atoms with Gasteiger partial charge in [0.25, 0.3) is 0 Å². The molecule has 0 fully saturated rings. The molecule has 0 bridgehead atoms. The summed E-state index contributed by atoms with van der Waals surface area (Å²) in [5.74, 6) is 0.543. The molecule has 0 spiro atoms. The minimum absolute atomic E-state index is 0.0521. The largest absolute Gasteiger partial charge is 0.494 e. The van der Waals surface area contributed by atoms with Crippen molar-refractivity contribution < 1.29 is 14.3 Å². The number of hydrogen-bond donors (Lipinski definition) is 1. The third-order valence-electron chi connectivity index (χ3n) is 4.57. The van der Waals surface area contributed by atoms with Crippen LogP contribution in [0.25, 0.3) is 0 Å². The number of amides is 1. The number of benzene rings is 2. The van der Waals surface area contributed by atoms with Crippen molar-refractivity contribution in [1.29, 1.82) is 0 Å². The van der Waals surface area contributed by atoms with Crippen molar-refractivity contribution in [3.8, 4) is 5.75 Å². The zero-order valence-corrected chi connectivity index (χ0v) is 16.5. The summed E-state index contributed by atoms with van der Waals surface area (Å²) >= 11 is 0. The highest BCUT2D eigenvalue weighted by molar-refractivity contribution is 5.98. The first kappa shape index (κ1) is 20.3. The maximum Gasteiger partial charge on any atom is 0.220 e. The SMILES string of the molecule is CCOc1ccc(C(=O)CCC(=O)NCc2ccccc2Cn2ccnc2)cc1. The van der Waals surface area contributed by atoms with Crippen molar-refractivity contribution in [2.75, 3.05) is 6.61 Å². The van der Waals surface area contributed by atoms with Crippen LogP contribution in [0.4, 0.5) is 0 Å². The molecule has 0 saturated carbocycles. The van der Waals surface area contributed by atoms with E-state index in [1.165, 1.54) is 0 Å². The lowest BCUT2D eigenvalue weighted by Gasteiger charge is -2.11. The summed E-state index contributed by atoms with van der Waals surface area (Å²) in [6.07, 6.45) is 5.75. The summed E-state index contributed by atoms with van der Waals surface area (Å²) in [6, 6.07) is 15.0. The molecule has 1 aromatic heterocycles. The number of aromatic nitrogens is 2. The first-order chi connectivity index (χ1) is 14.2. The fourth-order valence-electron chi connectivity index (χ4n) is 3.02. The van der Waals surface area contributed by atoms with Gasteiger partial charge >= 0.3 is 0 Å². The Bertz CT molecular complexity index is 934. The molecule has 0 aliphatic carbocycles. The second-order valence-electron chi connectivity index (χ2n) is 6.66. The molecule has 0 aliphatic rings. The first-order valence-electron chi connectivity index (χ1n) is 9.71. The summed E-state index contributed by atoms with van der Waals surface area (Å²) in [4.78, 5) is 28.6. The maximum atomic E-state index is 12.3. The number of imidazole rings is 1. The van der Waals surface area contributed by atoms with E-state index >= 15 is 0 Å². The van der Waals surface area contributed by atoms with Gasteiger partial charge in [0.1, 0.15) is 5.75 Å². The molecule has 0 radical (unpaired) electrons. The topological polar surface area (TPSA) is 73.2 Å². The number of rotatable bonds is 10. The standard InChI is InChI=1S/C23H25N3O3/c1-2-29-21-9-7-18(8-10-21)22(27)11-12-23(28)25-15-19-5-3-4-6-20(19)16-26-14-13-24-17-26/h3-10,13-14,17H,2,11-12,15-16H2,1H3,(H,25,28). The van der Waals surface area contributed by atoms with E-state index in [1.807, 2.05) is 42.0 Å². The van der Waals surface area contributed by atoms with Crippen molar-refractivity contribution in [3.63, 3.8) is 0 Å². The Kier molecular flexibility index (Phi) is 7.16. The monoisotopic (exact) mass is 391 g/mol. The molecule has 3 aromatic rings. The highest BCUT2D eigenvalue weighted by Gasteiger charge is 2.10. The summed E-state index contributed by atoms with van der Waals surface area (Å²) < 4.78 is 7.36. The minimum Gasteiger partial charge on any atom is -0.494 e. The summed E-state index contributed by atoms with van der Waals surface area (Å²) in [7, 11) is 0. The number of carbonyl (C=O) groups is 2. The lowest BCUT2D eigenvalue weighted by atomic mass is 10.1. The van der Waals surface area contributed by atoms with Gasteiger partial charge in [0.05, 0.1) is 12.9 Å². The predicted octanol–water partition coefficient (Wildman–Crippen LogP) is 3.61. The molecule has 0 unspecified atom stereocenters. The van der Waals surface area contributed by atoms with Gasteiger partial charge < -0.3 is 14.6 Å². The maximum absolute atomic E-state index is 12.3. The smallest absolute Gasteiger partial charge is 0.220 e. The van der Waals surface area contributed by atoms with Crippen LogP contribution in [-0.4, -0.2) is 27.8 Å². The zero-order valence-electron chi connectivity index (χ0n) is 16.5. The Morgan fingerprint density at radius 2 is 1.79 bits per heavy atom. The fourth-order valence-corrected chi connectivity index (χ4v) is 3.02. The highest BCUT2D eigenvalue weighted by Crippen LogP contribution is 2.14. The molecule has 6 nitrogen and oxygen atoms in total. The van der Waals surface area contributed by atoms with Crippen molar-refractivity contribution in [1.82, 2.24) is 14.9 Å². The van der Waals surface area contributed by atoms with E-state index in [4.69, 9.17) is 4.74 Å². The molecule has 3 rings (SSSR count). The van der Waals surface area contributed by atoms with Crippen LogP contribution in [0.2, 0.25) is 0 Å².